The summed E-state index contributed by atoms with van der Waals surface area (Å²) in [5.74, 6) is 4.21. The molecule has 4 nitrogen and oxygen atoms in total. The van der Waals surface area contributed by atoms with E-state index in [1.54, 1.807) is 0 Å². The molecule has 0 aromatic heterocycles. The molecule has 2 aliphatic heterocycles. The van der Waals surface area contributed by atoms with E-state index in [4.69, 9.17) is 9.47 Å². The zero-order valence-electron chi connectivity index (χ0n) is 20.1. The third kappa shape index (κ3) is 2.80. The first-order valence-electron chi connectivity index (χ1n) is 13.4. The number of aliphatic hydroxyl groups is 2. The molecule has 13 atom stereocenters. The van der Waals surface area contributed by atoms with E-state index in [0.29, 0.717) is 41.1 Å². The number of ether oxygens (including phenoxy) is 2. The zero-order valence-corrected chi connectivity index (χ0v) is 20.1. The fourth-order valence-electron chi connectivity index (χ4n) is 10.3. The summed E-state index contributed by atoms with van der Waals surface area (Å²) >= 11 is 0. The Morgan fingerprint density at radius 1 is 0.839 bits per heavy atom. The highest BCUT2D eigenvalue weighted by molar-refractivity contribution is 5.15. The van der Waals surface area contributed by atoms with Gasteiger partial charge >= 0.3 is 0 Å². The van der Waals surface area contributed by atoms with Gasteiger partial charge in [-0.3, -0.25) is 0 Å². The molecule has 0 bridgehead atoms. The van der Waals surface area contributed by atoms with Gasteiger partial charge in [-0.1, -0.05) is 27.7 Å². The molecule has 176 valence electrons. The van der Waals surface area contributed by atoms with Crippen LogP contribution in [0, 0.1) is 52.3 Å². The van der Waals surface area contributed by atoms with Crippen molar-refractivity contribution in [3.05, 3.63) is 0 Å². The minimum Gasteiger partial charge on any atom is -0.390 e. The van der Waals surface area contributed by atoms with E-state index < -0.39 is 12.2 Å². The summed E-state index contributed by atoms with van der Waals surface area (Å²) in [6, 6.07) is 0. The molecule has 4 heteroatoms. The van der Waals surface area contributed by atoms with Gasteiger partial charge in [0.1, 0.15) is 0 Å². The van der Waals surface area contributed by atoms with Crippen molar-refractivity contribution in [1.29, 1.82) is 0 Å². The van der Waals surface area contributed by atoms with Gasteiger partial charge in [-0.15, -0.1) is 0 Å². The zero-order chi connectivity index (χ0) is 21.8. The predicted octanol–water partition coefficient (Wildman–Crippen LogP) is 4.76. The molecule has 0 radical (unpaired) electrons. The first-order chi connectivity index (χ1) is 14.7. The van der Waals surface area contributed by atoms with Crippen LogP contribution in [0.1, 0.15) is 85.5 Å². The van der Waals surface area contributed by atoms with Crippen LogP contribution in [0.5, 0.6) is 0 Å². The Hall–Kier alpha value is -0.160. The van der Waals surface area contributed by atoms with Crippen LogP contribution < -0.4 is 0 Å². The summed E-state index contributed by atoms with van der Waals surface area (Å²) in [5.41, 5.74) is 0.550. The van der Waals surface area contributed by atoms with Crippen LogP contribution in [0.3, 0.4) is 0 Å². The SMILES string of the molecule is C[C@@H]1CC[C@@]2(OC1)O[C@H]1C[C@H]3[C@@H]4CC[C@H]5C[C@@H](O)[C@H](O)C[C@]5(C)[C@H]4CC[C@]3(C)[C@H]1[C@@H]2C. The third-order valence-corrected chi connectivity index (χ3v) is 12.0. The van der Waals surface area contributed by atoms with Crippen molar-refractivity contribution in [2.75, 3.05) is 6.61 Å². The van der Waals surface area contributed by atoms with Gasteiger partial charge in [0, 0.05) is 12.3 Å². The highest BCUT2D eigenvalue weighted by Gasteiger charge is 2.69. The molecule has 4 saturated carbocycles. The summed E-state index contributed by atoms with van der Waals surface area (Å²) in [6.07, 6.45) is 9.51. The number of aliphatic hydroxyl groups excluding tert-OH is 2. The summed E-state index contributed by atoms with van der Waals surface area (Å²) < 4.78 is 13.3. The van der Waals surface area contributed by atoms with E-state index >= 15 is 0 Å². The number of rotatable bonds is 0. The van der Waals surface area contributed by atoms with E-state index in [9.17, 15) is 10.2 Å². The van der Waals surface area contributed by atoms with Gasteiger partial charge in [0.25, 0.3) is 0 Å². The summed E-state index contributed by atoms with van der Waals surface area (Å²) in [5, 5.41) is 20.9. The smallest absolute Gasteiger partial charge is 0.171 e. The fourth-order valence-corrected chi connectivity index (χ4v) is 10.3. The normalized spacial score (nSPS) is 63.3. The predicted molar refractivity (Wildman–Crippen MR) is 119 cm³/mol. The Morgan fingerprint density at radius 3 is 2.39 bits per heavy atom. The lowest BCUT2D eigenvalue weighted by atomic mass is 9.44. The highest BCUT2D eigenvalue weighted by Crippen LogP contribution is 2.71. The lowest BCUT2D eigenvalue weighted by Gasteiger charge is -2.61. The first-order valence-corrected chi connectivity index (χ1v) is 13.4. The van der Waals surface area contributed by atoms with Gasteiger partial charge in [0.2, 0.25) is 0 Å². The van der Waals surface area contributed by atoms with E-state index in [1.165, 1.54) is 38.5 Å². The van der Waals surface area contributed by atoms with Crippen molar-refractivity contribution in [2.45, 2.75) is 110 Å². The summed E-state index contributed by atoms with van der Waals surface area (Å²) in [6.45, 7) is 10.6. The molecule has 0 aromatic rings. The van der Waals surface area contributed by atoms with E-state index in [0.717, 1.165) is 37.7 Å². The highest BCUT2D eigenvalue weighted by atomic mass is 16.7. The Bertz CT molecular complexity index is 716. The van der Waals surface area contributed by atoms with Gasteiger partial charge in [-0.05, 0) is 97.7 Å². The quantitative estimate of drug-likeness (QED) is 0.579. The molecule has 0 aromatic carbocycles. The van der Waals surface area contributed by atoms with Crippen LogP contribution >= 0.6 is 0 Å². The van der Waals surface area contributed by atoms with Gasteiger partial charge in [0.15, 0.2) is 5.79 Å². The molecule has 2 N–H and O–H groups in total. The molecule has 31 heavy (non-hydrogen) atoms. The molecule has 6 aliphatic rings. The third-order valence-electron chi connectivity index (χ3n) is 12.0. The Morgan fingerprint density at radius 2 is 1.65 bits per heavy atom. The standard InChI is InChI=1S/C27H44O4/c1-15-7-10-27(30-14-15)16(2)24-23(31-27)12-20-18-6-5-17-11-21(28)22(29)13-26(17,4)19(18)8-9-25(20,24)3/h15-24,28-29H,5-14H2,1-4H3/t15-,16+,17+,18-,19+,20+,21-,22-,23+,24+,25+,26+,27-/m1/s1. The summed E-state index contributed by atoms with van der Waals surface area (Å²) in [7, 11) is 0. The monoisotopic (exact) mass is 432 g/mol. The molecular formula is C27H44O4. The Labute approximate surface area is 188 Å². The maximum Gasteiger partial charge on any atom is 0.171 e. The molecule has 2 heterocycles. The maximum absolute atomic E-state index is 10.6. The molecule has 4 aliphatic carbocycles. The van der Waals surface area contributed by atoms with Gasteiger partial charge in [-0.2, -0.15) is 0 Å². The second kappa shape index (κ2) is 6.93. The van der Waals surface area contributed by atoms with Crippen LogP contribution in [0.2, 0.25) is 0 Å². The molecule has 2 saturated heterocycles. The average molecular weight is 433 g/mol. The second-order valence-electron chi connectivity index (χ2n) is 13.2. The molecule has 6 fully saturated rings. The topological polar surface area (TPSA) is 58.9 Å². The van der Waals surface area contributed by atoms with Crippen LogP contribution in [-0.2, 0) is 9.47 Å². The number of hydrogen-bond acceptors (Lipinski definition) is 4. The van der Waals surface area contributed by atoms with Gasteiger partial charge in [0.05, 0.1) is 24.9 Å². The van der Waals surface area contributed by atoms with Crippen molar-refractivity contribution in [1.82, 2.24) is 0 Å². The molecule has 0 unspecified atom stereocenters. The van der Waals surface area contributed by atoms with E-state index in [-0.39, 0.29) is 11.2 Å². The molecule has 6 rings (SSSR count). The van der Waals surface area contributed by atoms with Crippen molar-refractivity contribution in [3.63, 3.8) is 0 Å². The van der Waals surface area contributed by atoms with Gasteiger partial charge < -0.3 is 19.7 Å². The molecule has 0 amide bonds. The van der Waals surface area contributed by atoms with E-state index in [2.05, 4.69) is 27.7 Å². The largest absolute Gasteiger partial charge is 0.390 e. The average Bonchev–Trinajstić information content (AvgIpc) is 3.16. The molecule has 1 spiro atoms. The van der Waals surface area contributed by atoms with Crippen molar-refractivity contribution in [2.24, 2.45) is 52.3 Å². The minimum atomic E-state index is -0.537. The van der Waals surface area contributed by atoms with Crippen LogP contribution in [0.15, 0.2) is 0 Å². The summed E-state index contributed by atoms with van der Waals surface area (Å²) in [4.78, 5) is 0. The maximum atomic E-state index is 10.6. The fraction of sp³-hybridized carbons (Fsp3) is 1.00. The van der Waals surface area contributed by atoms with Crippen molar-refractivity contribution in [3.8, 4) is 0 Å². The minimum absolute atomic E-state index is 0.191. The second-order valence-corrected chi connectivity index (χ2v) is 13.2. The lowest BCUT2D eigenvalue weighted by Crippen LogP contribution is -2.57. The lowest BCUT2D eigenvalue weighted by molar-refractivity contribution is -0.273. The first kappa shape index (κ1) is 21.4. The Balaban J connectivity index is 1.26. The Kier molecular flexibility index (Phi) is 4.78. The molecular weight excluding hydrogens is 388 g/mol. The number of hydrogen-bond donors (Lipinski definition) is 2. The number of fused-ring (bicyclic) bond motifs is 7. The van der Waals surface area contributed by atoms with Crippen LogP contribution in [0.25, 0.3) is 0 Å². The van der Waals surface area contributed by atoms with E-state index in [1.807, 2.05) is 0 Å². The van der Waals surface area contributed by atoms with Crippen molar-refractivity contribution < 1.29 is 19.7 Å². The van der Waals surface area contributed by atoms with Gasteiger partial charge in [-0.25, -0.2) is 0 Å². The van der Waals surface area contributed by atoms with Crippen LogP contribution in [-0.4, -0.2) is 40.9 Å². The van der Waals surface area contributed by atoms with Crippen molar-refractivity contribution >= 4 is 0 Å². The van der Waals surface area contributed by atoms with Crippen LogP contribution in [0.4, 0.5) is 0 Å².